The average Bonchev–Trinajstić information content (AvgIpc) is 3.24. The van der Waals surface area contributed by atoms with Crippen molar-refractivity contribution in [2.24, 2.45) is 0 Å². The van der Waals surface area contributed by atoms with Crippen LogP contribution in [0.1, 0.15) is 31.9 Å². The van der Waals surface area contributed by atoms with Crippen LogP contribution in [0.4, 0.5) is 5.69 Å². The highest BCUT2D eigenvalue weighted by molar-refractivity contribution is 6.39. The Kier molecular flexibility index (Phi) is 3.62. The zero-order valence-corrected chi connectivity index (χ0v) is 17.5. The molecule has 28 heavy (non-hydrogen) atoms. The summed E-state index contributed by atoms with van der Waals surface area (Å²) >= 11 is 0. The van der Waals surface area contributed by atoms with Crippen LogP contribution in [0.15, 0.2) is 42.5 Å². The molecule has 0 radical (unpaired) electrons. The number of fused-ring (bicyclic) bond motifs is 2. The molecule has 2 aromatic carbocycles. The molecule has 3 aromatic rings. The minimum atomic E-state index is -0.143. The quantitative estimate of drug-likeness (QED) is 0.662. The van der Waals surface area contributed by atoms with Gasteiger partial charge in [0.15, 0.2) is 7.28 Å². The van der Waals surface area contributed by atoms with Crippen molar-refractivity contribution in [1.82, 2.24) is 15.0 Å². The molecule has 3 heterocycles. The van der Waals surface area contributed by atoms with E-state index >= 15 is 0 Å². The van der Waals surface area contributed by atoms with Crippen molar-refractivity contribution in [1.29, 1.82) is 0 Å². The summed E-state index contributed by atoms with van der Waals surface area (Å²) in [5.74, 6) is 0. The summed E-state index contributed by atoms with van der Waals surface area (Å²) < 4.78 is 2.17. The number of para-hydroxylation sites is 1. The van der Waals surface area contributed by atoms with Crippen LogP contribution < -0.4 is 4.90 Å². The van der Waals surface area contributed by atoms with Gasteiger partial charge in [0.2, 0.25) is 0 Å². The molecule has 2 aliphatic heterocycles. The molecule has 0 amide bonds. The molecular weight excluding hydrogens is 342 g/mol. The predicted molar refractivity (Wildman–Crippen MR) is 120 cm³/mol. The first-order valence-electron chi connectivity index (χ1n) is 10.4. The summed E-state index contributed by atoms with van der Waals surface area (Å²) in [4.78, 5) is 2.56. The van der Waals surface area contributed by atoms with Crippen molar-refractivity contribution in [2.45, 2.75) is 51.8 Å². The molecule has 0 N–H and O–H groups in total. The fourth-order valence-corrected chi connectivity index (χ4v) is 4.84. The zero-order chi connectivity index (χ0) is 19.7. The van der Waals surface area contributed by atoms with Gasteiger partial charge in [-0.1, -0.05) is 55.3 Å². The van der Waals surface area contributed by atoms with Crippen LogP contribution in [0, 0.1) is 0 Å². The van der Waals surface area contributed by atoms with Crippen LogP contribution in [-0.4, -0.2) is 35.0 Å². The lowest BCUT2D eigenvalue weighted by atomic mass is 9.58. The Labute approximate surface area is 168 Å². The number of hydrogen-bond acceptors (Lipinski definition) is 3. The molecule has 1 aromatic heterocycles. The monoisotopic (exact) mass is 368 g/mol. The maximum absolute atomic E-state index is 4.71. The fraction of sp³-hybridized carbons (Fsp3) is 0.364. The van der Waals surface area contributed by atoms with Gasteiger partial charge < -0.3 is 4.90 Å². The number of anilines is 1. The van der Waals surface area contributed by atoms with E-state index in [2.05, 4.69) is 91.7 Å². The Balaban J connectivity index is 1.90. The van der Waals surface area contributed by atoms with E-state index in [1.165, 1.54) is 33.6 Å². The van der Waals surface area contributed by atoms with Crippen molar-refractivity contribution in [3.05, 3.63) is 53.6 Å². The summed E-state index contributed by atoms with van der Waals surface area (Å²) in [7, 11) is 2.06. The second kappa shape index (κ2) is 5.76. The van der Waals surface area contributed by atoms with Gasteiger partial charge in [0.25, 0.3) is 0 Å². The van der Waals surface area contributed by atoms with Crippen LogP contribution in [0.5, 0.6) is 0 Å². The maximum atomic E-state index is 4.71. The molecule has 140 valence electrons. The van der Waals surface area contributed by atoms with Crippen LogP contribution in [0.25, 0.3) is 22.5 Å². The fourth-order valence-electron chi connectivity index (χ4n) is 4.84. The van der Waals surface area contributed by atoms with Gasteiger partial charge in [-0.05, 0) is 38.0 Å². The lowest BCUT2D eigenvalue weighted by molar-refractivity contribution is 0.501. The first kappa shape index (κ1) is 17.6. The lowest BCUT2D eigenvalue weighted by Gasteiger charge is -2.42. The van der Waals surface area contributed by atoms with Gasteiger partial charge in [-0.2, -0.15) is 0 Å². The molecule has 6 heteroatoms. The second-order valence-electron chi connectivity index (χ2n) is 8.93. The van der Waals surface area contributed by atoms with E-state index in [1.54, 1.807) is 0 Å². The van der Waals surface area contributed by atoms with Crippen molar-refractivity contribution >= 4 is 20.2 Å². The first-order valence-corrected chi connectivity index (χ1v) is 10.4. The Morgan fingerprint density at radius 1 is 1.07 bits per heavy atom. The number of nitrogens with zero attached hydrogens (tertiary/aromatic N) is 4. The van der Waals surface area contributed by atoms with Crippen LogP contribution >= 0.6 is 0 Å². The van der Waals surface area contributed by atoms with E-state index in [9.17, 15) is 0 Å². The Hall–Kier alpha value is -2.49. The molecule has 0 saturated heterocycles. The maximum Gasteiger partial charge on any atom is 0.158 e. The zero-order valence-electron chi connectivity index (χ0n) is 17.5. The summed E-state index contributed by atoms with van der Waals surface area (Å²) in [5, 5.41) is 9.39. The third-order valence-electron chi connectivity index (χ3n) is 7.17. The highest BCUT2D eigenvalue weighted by atomic mass is 15.5. The number of hydrogen-bond donors (Lipinski definition) is 0. The Morgan fingerprint density at radius 2 is 1.86 bits per heavy atom. The SMILES string of the molecule is CBC(C)(C)N1Cc2cccc3c2-c2c(nnn2[C@]3(C)BC)-c2ccccc21. The number of benzene rings is 2. The molecule has 0 bridgehead atoms. The number of rotatable bonds is 3. The van der Waals surface area contributed by atoms with Crippen molar-refractivity contribution in [3.8, 4) is 22.5 Å². The topological polar surface area (TPSA) is 34.0 Å². The standard InChI is InChI=1S/C22H26B2N4/c1-21(2,23-4)27-13-14-9-8-11-16-18(14)20-19(15-10-6-7-12-17(15)27)25-26-28(20)22(16,3)24-5/h6-12,23-24H,13H2,1-5H3/t22-/m0/s1. The summed E-state index contributed by atoms with van der Waals surface area (Å²) in [5.41, 5.74) is 8.63. The van der Waals surface area contributed by atoms with E-state index in [-0.39, 0.29) is 10.9 Å². The molecule has 2 aliphatic rings. The average molecular weight is 368 g/mol. The van der Waals surface area contributed by atoms with Gasteiger partial charge in [-0.15, -0.1) is 5.10 Å². The van der Waals surface area contributed by atoms with Crippen LogP contribution in [0.3, 0.4) is 0 Å². The molecule has 0 unspecified atom stereocenters. The van der Waals surface area contributed by atoms with Crippen molar-refractivity contribution < 1.29 is 0 Å². The van der Waals surface area contributed by atoms with E-state index in [0.717, 1.165) is 26.8 Å². The number of aromatic nitrogens is 3. The van der Waals surface area contributed by atoms with Gasteiger partial charge in [0.05, 0.1) is 11.1 Å². The van der Waals surface area contributed by atoms with Gasteiger partial charge in [-0.3, -0.25) is 0 Å². The minimum Gasteiger partial charge on any atom is -0.369 e. The largest absolute Gasteiger partial charge is 0.369 e. The molecule has 5 rings (SSSR count). The predicted octanol–water partition coefficient (Wildman–Crippen LogP) is 3.67. The summed E-state index contributed by atoms with van der Waals surface area (Å²) in [6.45, 7) is 12.4. The summed E-state index contributed by atoms with van der Waals surface area (Å²) in [6, 6.07) is 15.5. The van der Waals surface area contributed by atoms with E-state index in [1.807, 2.05) is 0 Å². The Morgan fingerprint density at radius 3 is 2.61 bits per heavy atom. The summed E-state index contributed by atoms with van der Waals surface area (Å²) in [6.07, 6.45) is 0. The lowest BCUT2D eigenvalue weighted by Crippen LogP contribution is -2.48. The van der Waals surface area contributed by atoms with E-state index in [0.29, 0.717) is 0 Å². The van der Waals surface area contributed by atoms with Gasteiger partial charge >= 0.3 is 0 Å². The normalized spacial score (nSPS) is 19.5. The third-order valence-corrected chi connectivity index (χ3v) is 7.17. The highest BCUT2D eigenvalue weighted by Crippen LogP contribution is 2.51. The molecule has 0 spiro atoms. The van der Waals surface area contributed by atoms with Gasteiger partial charge in [0.1, 0.15) is 13.0 Å². The molecule has 0 aliphatic carbocycles. The molecular formula is C22H26B2N4. The minimum absolute atomic E-state index is 0.0407. The second-order valence-corrected chi connectivity index (χ2v) is 8.93. The van der Waals surface area contributed by atoms with E-state index < -0.39 is 0 Å². The molecule has 1 atom stereocenters. The molecule has 4 nitrogen and oxygen atoms in total. The smallest absolute Gasteiger partial charge is 0.158 e. The van der Waals surface area contributed by atoms with Crippen LogP contribution in [-0.2, 0) is 12.0 Å². The van der Waals surface area contributed by atoms with Gasteiger partial charge in [0, 0.05) is 28.8 Å². The van der Waals surface area contributed by atoms with Crippen molar-refractivity contribution in [3.63, 3.8) is 0 Å². The molecule has 0 saturated carbocycles. The third kappa shape index (κ3) is 2.09. The van der Waals surface area contributed by atoms with Crippen molar-refractivity contribution in [2.75, 3.05) is 4.90 Å². The van der Waals surface area contributed by atoms with E-state index in [4.69, 9.17) is 5.10 Å². The highest BCUT2D eigenvalue weighted by Gasteiger charge is 2.44. The van der Waals surface area contributed by atoms with Crippen LogP contribution in [0.2, 0.25) is 13.6 Å². The first-order chi connectivity index (χ1) is 13.4. The Bertz CT molecular complexity index is 1090. The molecule has 0 fully saturated rings. The van der Waals surface area contributed by atoms with Gasteiger partial charge in [-0.25, -0.2) is 4.68 Å².